The van der Waals surface area contributed by atoms with E-state index < -0.39 is 0 Å². The molecule has 0 bridgehead atoms. The molecule has 0 heterocycles. The molecule has 0 aliphatic carbocycles. The molecule has 0 aliphatic heterocycles. The zero-order valence-corrected chi connectivity index (χ0v) is 8.06. The summed E-state index contributed by atoms with van der Waals surface area (Å²) in [6.07, 6.45) is 6.84. The lowest BCUT2D eigenvalue weighted by atomic mass is 9.89. The van der Waals surface area contributed by atoms with Crippen LogP contribution in [0.5, 0.6) is 0 Å². The van der Waals surface area contributed by atoms with Crippen molar-refractivity contribution in [2.45, 2.75) is 26.7 Å². The van der Waals surface area contributed by atoms with Crippen molar-refractivity contribution in [1.29, 1.82) is 0 Å². The average Bonchev–Trinajstić information content (AvgIpc) is 2.12. The van der Waals surface area contributed by atoms with Crippen LogP contribution in [-0.2, 0) is 0 Å². The van der Waals surface area contributed by atoms with Crippen LogP contribution in [0.2, 0.25) is 0 Å². The fourth-order valence-electron chi connectivity index (χ4n) is 0.843. The summed E-state index contributed by atoms with van der Waals surface area (Å²) in [6, 6.07) is 0. The first-order valence-corrected chi connectivity index (χ1v) is 4.43. The van der Waals surface area contributed by atoms with Crippen molar-refractivity contribution >= 4 is 0 Å². The molecule has 70 valence electrons. The first kappa shape index (κ1) is 11.5. The molecular formula is C10H19NO. The van der Waals surface area contributed by atoms with E-state index in [0.717, 1.165) is 25.9 Å². The monoisotopic (exact) mass is 169 g/mol. The molecule has 1 unspecified atom stereocenters. The molecule has 1 atom stereocenters. The summed E-state index contributed by atoms with van der Waals surface area (Å²) in [5.74, 6) is 2.56. The Balaban J connectivity index is 3.53. The van der Waals surface area contributed by atoms with E-state index in [1.807, 2.05) is 0 Å². The summed E-state index contributed by atoms with van der Waals surface area (Å²) >= 11 is 0. The molecule has 0 rings (SSSR count). The Morgan fingerprint density at radius 1 is 1.58 bits per heavy atom. The van der Waals surface area contributed by atoms with Crippen molar-refractivity contribution in [3.63, 3.8) is 0 Å². The van der Waals surface area contributed by atoms with E-state index in [1.54, 1.807) is 0 Å². The fourth-order valence-corrected chi connectivity index (χ4v) is 0.843. The molecule has 0 aliphatic rings. The topological polar surface area (TPSA) is 32.3 Å². The van der Waals surface area contributed by atoms with E-state index >= 15 is 0 Å². The maximum absolute atomic E-state index is 9.06. The third kappa shape index (κ3) is 4.38. The predicted octanol–water partition coefficient (Wildman–Crippen LogP) is 1.01. The largest absolute Gasteiger partial charge is 0.396 e. The SMILES string of the molecule is C#CCCNCC(C)(CC)CO. The first-order chi connectivity index (χ1) is 5.68. The molecule has 2 heteroatoms. The molecule has 0 fully saturated rings. The standard InChI is InChI=1S/C10H19NO/c1-4-6-7-11-8-10(3,5-2)9-12/h1,11-12H,5-9H2,2-3H3. The Hall–Kier alpha value is -0.520. The molecule has 2 nitrogen and oxygen atoms in total. The number of rotatable bonds is 6. The van der Waals surface area contributed by atoms with Crippen molar-refractivity contribution in [3.8, 4) is 12.3 Å². The molecular weight excluding hydrogens is 150 g/mol. The van der Waals surface area contributed by atoms with Gasteiger partial charge >= 0.3 is 0 Å². The van der Waals surface area contributed by atoms with Crippen LogP contribution >= 0.6 is 0 Å². The second kappa shape index (κ2) is 6.05. The number of nitrogens with one attached hydrogen (secondary N) is 1. The molecule has 0 radical (unpaired) electrons. The summed E-state index contributed by atoms with van der Waals surface area (Å²) in [5.41, 5.74) is 0.00853. The highest BCUT2D eigenvalue weighted by Crippen LogP contribution is 2.17. The molecule has 2 N–H and O–H groups in total. The van der Waals surface area contributed by atoms with Crippen LogP contribution in [0.4, 0.5) is 0 Å². The number of aliphatic hydroxyl groups is 1. The van der Waals surface area contributed by atoms with E-state index in [0.29, 0.717) is 0 Å². The molecule has 0 saturated heterocycles. The van der Waals surface area contributed by atoms with Crippen molar-refractivity contribution in [2.24, 2.45) is 5.41 Å². The molecule has 0 saturated carbocycles. The van der Waals surface area contributed by atoms with Gasteiger partial charge in [-0.05, 0) is 6.42 Å². The Morgan fingerprint density at radius 3 is 2.67 bits per heavy atom. The summed E-state index contributed by atoms with van der Waals surface area (Å²) < 4.78 is 0. The maximum Gasteiger partial charge on any atom is 0.0496 e. The quantitative estimate of drug-likeness (QED) is 0.459. The van der Waals surface area contributed by atoms with Crippen LogP contribution in [0.3, 0.4) is 0 Å². The van der Waals surface area contributed by atoms with Gasteiger partial charge in [-0.25, -0.2) is 0 Å². The predicted molar refractivity (Wildman–Crippen MR) is 51.8 cm³/mol. The van der Waals surface area contributed by atoms with Gasteiger partial charge in [-0.3, -0.25) is 0 Å². The van der Waals surface area contributed by atoms with Crippen LogP contribution in [0.1, 0.15) is 26.7 Å². The summed E-state index contributed by atoms with van der Waals surface area (Å²) in [7, 11) is 0. The summed E-state index contributed by atoms with van der Waals surface area (Å²) in [6.45, 7) is 6.05. The van der Waals surface area contributed by atoms with Crippen molar-refractivity contribution in [1.82, 2.24) is 5.32 Å². The van der Waals surface area contributed by atoms with Gasteiger partial charge in [0, 0.05) is 31.5 Å². The minimum atomic E-state index is 0.00853. The minimum absolute atomic E-state index is 0.00853. The van der Waals surface area contributed by atoms with Gasteiger partial charge in [0.1, 0.15) is 0 Å². The zero-order valence-electron chi connectivity index (χ0n) is 8.06. The number of hydrogen-bond donors (Lipinski definition) is 2. The molecule has 0 amide bonds. The van der Waals surface area contributed by atoms with Gasteiger partial charge < -0.3 is 10.4 Å². The normalized spacial score (nSPS) is 15.2. The zero-order chi connectivity index (χ0) is 9.45. The van der Waals surface area contributed by atoms with E-state index in [2.05, 4.69) is 25.1 Å². The van der Waals surface area contributed by atoms with Crippen molar-refractivity contribution in [3.05, 3.63) is 0 Å². The van der Waals surface area contributed by atoms with E-state index in [9.17, 15) is 0 Å². The number of aliphatic hydroxyl groups excluding tert-OH is 1. The van der Waals surface area contributed by atoms with Gasteiger partial charge in [0.2, 0.25) is 0 Å². The van der Waals surface area contributed by atoms with Gasteiger partial charge in [0.25, 0.3) is 0 Å². The number of terminal acetylenes is 1. The van der Waals surface area contributed by atoms with E-state index in [4.69, 9.17) is 11.5 Å². The Morgan fingerprint density at radius 2 is 2.25 bits per heavy atom. The molecule has 12 heavy (non-hydrogen) atoms. The third-order valence-corrected chi connectivity index (χ3v) is 2.23. The highest BCUT2D eigenvalue weighted by atomic mass is 16.3. The van der Waals surface area contributed by atoms with Crippen LogP contribution in [0.25, 0.3) is 0 Å². The van der Waals surface area contributed by atoms with Crippen LogP contribution in [0.15, 0.2) is 0 Å². The van der Waals surface area contributed by atoms with Crippen LogP contribution in [0, 0.1) is 17.8 Å². The fraction of sp³-hybridized carbons (Fsp3) is 0.800. The number of hydrogen-bond acceptors (Lipinski definition) is 2. The van der Waals surface area contributed by atoms with Gasteiger partial charge in [-0.2, -0.15) is 0 Å². The lowest BCUT2D eigenvalue weighted by molar-refractivity contribution is 0.136. The second-order valence-electron chi connectivity index (χ2n) is 3.45. The first-order valence-electron chi connectivity index (χ1n) is 4.43. The molecule has 0 aromatic heterocycles. The highest BCUT2D eigenvalue weighted by Gasteiger charge is 2.19. The lowest BCUT2D eigenvalue weighted by Crippen LogP contribution is -2.34. The maximum atomic E-state index is 9.06. The summed E-state index contributed by atoms with van der Waals surface area (Å²) in [4.78, 5) is 0. The van der Waals surface area contributed by atoms with Gasteiger partial charge in [-0.1, -0.05) is 13.8 Å². The Labute approximate surface area is 75.4 Å². The molecule has 0 aromatic rings. The van der Waals surface area contributed by atoms with Crippen molar-refractivity contribution in [2.75, 3.05) is 19.7 Å². The third-order valence-electron chi connectivity index (χ3n) is 2.23. The minimum Gasteiger partial charge on any atom is -0.396 e. The summed E-state index contributed by atoms with van der Waals surface area (Å²) in [5, 5.41) is 12.3. The van der Waals surface area contributed by atoms with Crippen LogP contribution < -0.4 is 5.32 Å². The second-order valence-corrected chi connectivity index (χ2v) is 3.45. The van der Waals surface area contributed by atoms with Crippen LogP contribution in [-0.4, -0.2) is 24.8 Å². The Kier molecular flexibility index (Phi) is 5.79. The smallest absolute Gasteiger partial charge is 0.0496 e. The van der Waals surface area contributed by atoms with Gasteiger partial charge in [-0.15, -0.1) is 12.3 Å². The average molecular weight is 169 g/mol. The van der Waals surface area contributed by atoms with E-state index in [1.165, 1.54) is 0 Å². The lowest BCUT2D eigenvalue weighted by Gasteiger charge is -2.25. The van der Waals surface area contributed by atoms with Crippen molar-refractivity contribution < 1.29 is 5.11 Å². The Bertz CT molecular complexity index is 144. The van der Waals surface area contributed by atoms with Gasteiger partial charge in [0.05, 0.1) is 0 Å². The molecule has 0 spiro atoms. The highest BCUT2D eigenvalue weighted by molar-refractivity contribution is 4.84. The molecule has 0 aromatic carbocycles. The van der Waals surface area contributed by atoms with E-state index in [-0.39, 0.29) is 12.0 Å². The van der Waals surface area contributed by atoms with Gasteiger partial charge in [0.15, 0.2) is 0 Å².